The summed E-state index contributed by atoms with van der Waals surface area (Å²) in [5, 5.41) is 0.579. The Morgan fingerprint density at radius 2 is 1.88 bits per heavy atom. The molecule has 0 bridgehead atoms. The fraction of sp³-hybridized carbons (Fsp3) is 0.0714. The Kier molecular flexibility index (Phi) is 1.66. The fourth-order valence-electron chi connectivity index (χ4n) is 1.59. The molecule has 0 atom stereocenters. The van der Waals surface area contributed by atoms with Crippen LogP contribution in [0.3, 0.4) is 0 Å². The van der Waals surface area contributed by atoms with Crippen LogP contribution in [0.4, 0.5) is 0 Å². The van der Waals surface area contributed by atoms with E-state index in [2.05, 4.69) is 0 Å². The van der Waals surface area contributed by atoms with Gasteiger partial charge in [0.05, 0.1) is 0 Å². The second kappa shape index (κ2) is 4.02. The molecule has 0 spiro atoms. The molecular formula is C14H11NOSe. The van der Waals surface area contributed by atoms with Crippen LogP contribution in [-0.2, 0) is 0 Å². The summed E-state index contributed by atoms with van der Waals surface area (Å²) >= 11 is -0.368. The Hall–Kier alpha value is -1.57. The number of nitrogens with zero attached hydrogens (tertiary/aromatic N) is 1. The molecule has 3 aromatic rings. The van der Waals surface area contributed by atoms with Gasteiger partial charge in [0.2, 0.25) is 0 Å². The molecule has 0 aliphatic carbocycles. The van der Waals surface area contributed by atoms with Gasteiger partial charge >= 0.3 is 110 Å². The number of hydrogen-bond acceptors (Lipinski definition) is 1. The third kappa shape index (κ3) is 1.78. The van der Waals surface area contributed by atoms with E-state index in [-0.39, 0.29) is 50.1 Å². The fourth-order valence-corrected chi connectivity index (χ4v) is 3.59. The van der Waals surface area contributed by atoms with E-state index in [1.807, 2.05) is 12.1 Å². The predicted octanol–water partition coefficient (Wildman–Crippen LogP) is 2.36. The third-order valence-corrected chi connectivity index (χ3v) is 4.71. The summed E-state index contributed by atoms with van der Waals surface area (Å²) in [4.78, 5) is 12.5. The van der Waals surface area contributed by atoms with E-state index in [1.54, 1.807) is 19.1 Å². The zero-order valence-electron chi connectivity index (χ0n) is 13.1. The van der Waals surface area contributed by atoms with E-state index in [0.717, 1.165) is 4.26 Å². The Labute approximate surface area is 111 Å². The van der Waals surface area contributed by atoms with Crippen molar-refractivity contribution in [2.75, 3.05) is 0 Å². The molecule has 3 rings (SSSR count). The number of aromatic nitrogens is 1. The first-order chi connectivity index (χ1) is 9.93. The summed E-state index contributed by atoms with van der Waals surface area (Å²) in [5.41, 5.74) is 0.123. The van der Waals surface area contributed by atoms with Crippen LogP contribution in [0.25, 0.3) is 15.3 Å². The molecule has 0 unspecified atom stereocenters. The number of fused-ring (bicyclic) bond motifs is 1. The molecule has 2 aromatic carbocycles. The first-order valence-electron chi connectivity index (χ1n) is 7.12. The maximum absolute atomic E-state index is 12.5. The van der Waals surface area contributed by atoms with Crippen LogP contribution in [0.2, 0.25) is 0 Å². The van der Waals surface area contributed by atoms with E-state index in [1.165, 1.54) is 3.56 Å². The molecule has 1 aromatic heterocycles. The van der Waals surface area contributed by atoms with Gasteiger partial charge in [-0.25, -0.2) is 0 Å². The molecule has 0 radical (unpaired) electrons. The van der Waals surface area contributed by atoms with E-state index in [4.69, 9.17) is 5.48 Å². The van der Waals surface area contributed by atoms with Crippen molar-refractivity contribution in [2.45, 2.75) is 6.92 Å². The van der Waals surface area contributed by atoms with Crippen molar-refractivity contribution in [2.24, 2.45) is 0 Å². The van der Waals surface area contributed by atoms with Crippen LogP contribution in [0.1, 0.15) is 11.0 Å². The molecule has 0 aliphatic rings. The van der Waals surface area contributed by atoms with E-state index in [9.17, 15) is 4.79 Å². The van der Waals surface area contributed by atoms with Crippen molar-refractivity contribution in [3.63, 3.8) is 0 Å². The quantitative estimate of drug-likeness (QED) is 0.631. The molecule has 0 aliphatic heterocycles. The van der Waals surface area contributed by atoms with Crippen molar-refractivity contribution >= 4 is 24.4 Å². The second-order valence-corrected chi connectivity index (χ2v) is 5.73. The molecule has 0 N–H and O–H groups in total. The molecule has 84 valence electrons. The van der Waals surface area contributed by atoms with Gasteiger partial charge in [-0.15, -0.1) is 0 Å². The minimum absolute atomic E-state index is 0.0804. The van der Waals surface area contributed by atoms with Crippen LogP contribution < -0.4 is 5.56 Å². The summed E-state index contributed by atoms with van der Waals surface area (Å²) in [6.07, 6.45) is 0. The second-order valence-electron chi connectivity index (χ2n) is 3.66. The monoisotopic (exact) mass is 293 g/mol. The predicted molar refractivity (Wildman–Crippen MR) is 71.2 cm³/mol. The zero-order valence-corrected chi connectivity index (χ0v) is 10.8. The van der Waals surface area contributed by atoms with Crippen molar-refractivity contribution < 1.29 is 5.48 Å². The molecular weight excluding hydrogens is 277 g/mol. The van der Waals surface area contributed by atoms with Gasteiger partial charge in [-0.05, 0) is 0 Å². The summed E-state index contributed by atoms with van der Waals surface area (Å²) in [5.74, 6) is 0. The standard InChI is InChI=1S/C14H11NOSe/c1-10-6-8-11(9-7-10)15-14(16)12-4-2-3-5-13(12)17-15/h2-9H,1H3/i6D,7D,8D,9D. The third-order valence-electron chi connectivity index (χ3n) is 2.43. The average Bonchev–Trinajstić information content (AvgIpc) is 2.81. The van der Waals surface area contributed by atoms with Gasteiger partial charge in [-0.3, -0.25) is 0 Å². The van der Waals surface area contributed by atoms with Gasteiger partial charge in [-0.2, -0.15) is 0 Å². The van der Waals surface area contributed by atoms with Crippen molar-refractivity contribution in [3.05, 3.63) is 64.4 Å². The van der Waals surface area contributed by atoms with Gasteiger partial charge in [0.25, 0.3) is 0 Å². The Bertz CT molecular complexity index is 900. The molecule has 1 heterocycles. The van der Waals surface area contributed by atoms with Crippen LogP contribution in [0, 0.1) is 6.92 Å². The number of benzene rings is 2. The molecule has 0 amide bonds. The zero-order chi connectivity index (χ0) is 15.3. The normalized spacial score (nSPS) is 14.2. The summed E-state index contributed by atoms with van der Waals surface area (Å²) in [6, 6.07) is 6.72. The van der Waals surface area contributed by atoms with Crippen molar-refractivity contribution in [1.29, 1.82) is 0 Å². The van der Waals surface area contributed by atoms with Crippen LogP contribution >= 0.6 is 0 Å². The Morgan fingerprint density at radius 3 is 2.59 bits per heavy atom. The SMILES string of the molecule is [2H]c1c([2H])c(-n2[se]c3ccccc3c2=O)c([2H])c([2H])c1C. The van der Waals surface area contributed by atoms with Crippen molar-refractivity contribution in [1.82, 2.24) is 3.56 Å². The van der Waals surface area contributed by atoms with Crippen LogP contribution in [-0.4, -0.2) is 18.3 Å². The Balaban J connectivity index is 2.44. The summed E-state index contributed by atoms with van der Waals surface area (Å²) < 4.78 is 34.2. The average molecular weight is 292 g/mol. The first-order valence-corrected chi connectivity index (χ1v) is 6.74. The van der Waals surface area contributed by atoms with E-state index < -0.39 is 0 Å². The van der Waals surface area contributed by atoms with Crippen molar-refractivity contribution in [3.8, 4) is 5.69 Å². The summed E-state index contributed by atoms with van der Waals surface area (Å²) in [7, 11) is 0. The van der Waals surface area contributed by atoms with Gasteiger partial charge in [0.1, 0.15) is 0 Å². The van der Waals surface area contributed by atoms with Crippen LogP contribution in [0.15, 0.2) is 53.2 Å². The maximum atomic E-state index is 12.5. The van der Waals surface area contributed by atoms with E-state index >= 15 is 0 Å². The molecule has 17 heavy (non-hydrogen) atoms. The van der Waals surface area contributed by atoms with Gasteiger partial charge in [-0.1, -0.05) is 0 Å². The van der Waals surface area contributed by atoms with Crippen LogP contribution in [0.5, 0.6) is 0 Å². The van der Waals surface area contributed by atoms with E-state index in [0.29, 0.717) is 10.9 Å². The number of rotatable bonds is 1. The molecule has 0 saturated carbocycles. The molecule has 2 nitrogen and oxygen atoms in total. The molecule has 3 heteroatoms. The number of hydrogen-bond donors (Lipinski definition) is 0. The summed E-state index contributed by atoms with van der Waals surface area (Å²) in [6.45, 7) is 1.55. The minimum atomic E-state index is -0.368. The molecule has 0 fully saturated rings. The van der Waals surface area contributed by atoms with Gasteiger partial charge in [0.15, 0.2) is 0 Å². The topological polar surface area (TPSA) is 22.0 Å². The first kappa shape index (κ1) is 7.00. The van der Waals surface area contributed by atoms with Gasteiger partial charge < -0.3 is 0 Å². The molecule has 0 saturated heterocycles. The Morgan fingerprint density at radius 1 is 1.18 bits per heavy atom. The van der Waals surface area contributed by atoms with Gasteiger partial charge in [0, 0.05) is 0 Å².